The average molecular weight is 235 g/mol. The van der Waals surface area contributed by atoms with Gasteiger partial charge in [0.15, 0.2) is 0 Å². The van der Waals surface area contributed by atoms with Crippen LogP contribution in [0.25, 0.3) is 0 Å². The quantitative estimate of drug-likeness (QED) is 0.823. The van der Waals surface area contributed by atoms with Crippen molar-refractivity contribution >= 4 is 5.91 Å². The van der Waals surface area contributed by atoms with E-state index in [-0.39, 0.29) is 5.91 Å². The van der Waals surface area contributed by atoms with Gasteiger partial charge < -0.3 is 10.4 Å². The van der Waals surface area contributed by atoms with Crippen LogP contribution in [-0.2, 0) is 0 Å². The molecule has 1 aromatic rings. The van der Waals surface area contributed by atoms with E-state index >= 15 is 0 Å². The minimum absolute atomic E-state index is 0.129. The smallest absolute Gasteiger partial charge is 0.251 e. The highest BCUT2D eigenvalue weighted by atomic mass is 16.3. The summed E-state index contributed by atoms with van der Waals surface area (Å²) in [6.07, 6.45) is 0.851. The lowest BCUT2D eigenvalue weighted by Crippen LogP contribution is -2.54. The molecule has 17 heavy (non-hydrogen) atoms. The van der Waals surface area contributed by atoms with Crippen LogP contribution in [0.4, 0.5) is 0 Å². The van der Waals surface area contributed by atoms with Crippen LogP contribution >= 0.6 is 0 Å². The lowest BCUT2D eigenvalue weighted by Gasteiger charge is -2.35. The molecule has 0 saturated heterocycles. The predicted octanol–water partition coefficient (Wildman–Crippen LogP) is 2.36. The van der Waals surface area contributed by atoms with Crippen LogP contribution in [0, 0.1) is 0 Å². The van der Waals surface area contributed by atoms with Gasteiger partial charge in [-0.2, -0.15) is 0 Å². The van der Waals surface area contributed by atoms with Crippen molar-refractivity contribution in [3.8, 4) is 0 Å². The third-order valence-corrected chi connectivity index (χ3v) is 3.46. The highest BCUT2D eigenvalue weighted by molar-refractivity contribution is 5.94. The largest absolute Gasteiger partial charge is 0.391 e. The minimum atomic E-state index is -0.565. The van der Waals surface area contributed by atoms with Crippen LogP contribution in [0.5, 0.6) is 0 Å². The van der Waals surface area contributed by atoms with Gasteiger partial charge in [-0.3, -0.25) is 4.79 Å². The van der Waals surface area contributed by atoms with Crippen LogP contribution in [0.2, 0.25) is 0 Å². The second-order valence-corrected chi connectivity index (χ2v) is 4.36. The van der Waals surface area contributed by atoms with Gasteiger partial charge in [-0.15, -0.1) is 0 Å². The van der Waals surface area contributed by atoms with E-state index in [2.05, 4.69) is 5.32 Å². The highest BCUT2D eigenvalue weighted by Crippen LogP contribution is 2.20. The van der Waals surface area contributed by atoms with Gasteiger partial charge in [-0.25, -0.2) is 0 Å². The van der Waals surface area contributed by atoms with E-state index in [1.165, 1.54) is 0 Å². The summed E-state index contributed by atoms with van der Waals surface area (Å²) in [4.78, 5) is 12.1. The molecule has 0 bridgehead atoms. The summed E-state index contributed by atoms with van der Waals surface area (Å²) in [6, 6.07) is 9.08. The first-order valence-corrected chi connectivity index (χ1v) is 6.11. The predicted molar refractivity (Wildman–Crippen MR) is 68.9 cm³/mol. The normalized spacial score (nSPS) is 13.2. The van der Waals surface area contributed by atoms with E-state index in [9.17, 15) is 9.90 Å². The Balaban J connectivity index is 2.85. The Morgan fingerprint density at radius 1 is 1.29 bits per heavy atom. The molecular formula is C14H21NO2. The molecule has 3 nitrogen and oxygen atoms in total. The molecule has 0 fully saturated rings. The summed E-state index contributed by atoms with van der Waals surface area (Å²) < 4.78 is 0. The Hall–Kier alpha value is -1.35. The van der Waals surface area contributed by atoms with Crippen molar-refractivity contribution in [2.24, 2.45) is 0 Å². The topological polar surface area (TPSA) is 49.3 Å². The van der Waals surface area contributed by atoms with Crippen molar-refractivity contribution in [2.45, 2.75) is 45.3 Å². The summed E-state index contributed by atoms with van der Waals surface area (Å²) in [6.45, 7) is 5.67. The van der Waals surface area contributed by atoms with Crippen LogP contribution in [0.3, 0.4) is 0 Å². The molecule has 1 atom stereocenters. The Labute approximate surface area is 103 Å². The molecule has 0 aliphatic carbocycles. The molecule has 0 unspecified atom stereocenters. The van der Waals surface area contributed by atoms with E-state index < -0.39 is 11.6 Å². The number of amides is 1. The van der Waals surface area contributed by atoms with E-state index in [4.69, 9.17) is 0 Å². The Morgan fingerprint density at radius 2 is 1.82 bits per heavy atom. The van der Waals surface area contributed by atoms with Crippen LogP contribution < -0.4 is 5.32 Å². The fraction of sp³-hybridized carbons (Fsp3) is 0.500. The summed E-state index contributed by atoms with van der Waals surface area (Å²) in [5, 5.41) is 12.8. The SMILES string of the molecule is CCC(CC)(NC(=O)c1ccccc1)[C@H](C)O. The molecule has 0 spiro atoms. The maximum absolute atomic E-state index is 12.1. The molecule has 94 valence electrons. The number of hydrogen-bond acceptors (Lipinski definition) is 2. The summed E-state index contributed by atoms with van der Waals surface area (Å²) >= 11 is 0. The molecule has 3 heteroatoms. The minimum Gasteiger partial charge on any atom is -0.391 e. The number of rotatable bonds is 5. The lowest BCUT2D eigenvalue weighted by molar-refractivity contribution is 0.0548. The first-order valence-electron chi connectivity index (χ1n) is 6.11. The first-order chi connectivity index (χ1) is 8.05. The fourth-order valence-electron chi connectivity index (χ4n) is 2.01. The Bertz CT molecular complexity index is 356. The number of aliphatic hydroxyl groups excluding tert-OH is 1. The first kappa shape index (κ1) is 13.7. The van der Waals surface area contributed by atoms with Gasteiger partial charge in [0.05, 0.1) is 11.6 Å². The molecule has 2 N–H and O–H groups in total. The summed E-state index contributed by atoms with van der Waals surface area (Å²) in [5.41, 5.74) is 0.0897. The third kappa shape index (κ3) is 3.07. The number of carbonyl (C=O) groups is 1. The van der Waals surface area contributed by atoms with Gasteiger partial charge in [-0.05, 0) is 31.9 Å². The zero-order valence-corrected chi connectivity index (χ0v) is 10.7. The van der Waals surface area contributed by atoms with Crippen molar-refractivity contribution in [3.05, 3.63) is 35.9 Å². The maximum atomic E-state index is 12.1. The molecule has 0 aliphatic rings. The monoisotopic (exact) mass is 235 g/mol. The Morgan fingerprint density at radius 3 is 2.24 bits per heavy atom. The van der Waals surface area contributed by atoms with Crippen LogP contribution in [0.1, 0.15) is 44.0 Å². The van der Waals surface area contributed by atoms with Gasteiger partial charge >= 0.3 is 0 Å². The summed E-state index contributed by atoms with van der Waals surface area (Å²) in [5.74, 6) is -0.129. The van der Waals surface area contributed by atoms with Gasteiger partial charge in [-0.1, -0.05) is 32.0 Å². The second kappa shape index (κ2) is 5.82. The van der Waals surface area contributed by atoms with E-state index in [0.29, 0.717) is 18.4 Å². The number of nitrogens with one attached hydrogen (secondary N) is 1. The molecule has 0 aromatic heterocycles. The van der Waals surface area contributed by atoms with E-state index in [1.54, 1.807) is 19.1 Å². The number of hydrogen-bond donors (Lipinski definition) is 2. The Kier molecular flexibility index (Phi) is 4.70. The molecule has 1 rings (SSSR count). The number of benzene rings is 1. The third-order valence-electron chi connectivity index (χ3n) is 3.46. The zero-order valence-electron chi connectivity index (χ0n) is 10.7. The van der Waals surface area contributed by atoms with Crippen molar-refractivity contribution < 1.29 is 9.90 Å². The molecule has 0 radical (unpaired) electrons. The highest BCUT2D eigenvalue weighted by Gasteiger charge is 2.33. The average Bonchev–Trinajstić information content (AvgIpc) is 2.36. The number of aliphatic hydroxyl groups is 1. The molecule has 0 heterocycles. The molecular weight excluding hydrogens is 214 g/mol. The summed E-state index contributed by atoms with van der Waals surface area (Å²) in [7, 11) is 0. The maximum Gasteiger partial charge on any atom is 0.251 e. The van der Waals surface area contributed by atoms with Gasteiger partial charge in [0.2, 0.25) is 0 Å². The standard InChI is InChI=1S/C14H21NO2/c1-4-14(5-2,11(3)16)15-13(17)12-9-7-6-8-10-12/h6-11,16H,4-5H2,1-3H3,(H,15,17)/t11-/m0/s1. The van der Waals surface area contributed by atoms with Crippen LogP contribution in [0.15, 0.2) is 30.3 Å². The molecule has 0 saturated carbocycles. The zero-order chi connectivity index (χ0) is 12.9. The van der Waals surface area contributed by atoms with Gasteiger partial charge in [0.1, 0.15) is 0 Å². The molecule has 0 aliphatic heterocycles. The van der Waals surface area contributed by atoms with Crippen molar-refractivity contribution in [3.63, 3.8) is 0 Å². The number of carbonyl (C=O) groups excluding carboxylic acids is 1. The fourth-order valence-corrected chi connectivity index (χ4v) is 2.01. The van der Waals surface area contributed by atoms with Crippen molar-refractivity contribution in [1.82, 2.24) is 5.32 Å². The van der Waals surface area contributed by atoms with Gasteiger partial charge in [0.25, 0.3) is 5.91 Å². The lowest BCUT2D eigenvalue weighted by atomic mass is 9.87. The second-order valence-electron chi connectivity index (χ2n) is 4.36. The van der Waals surface area contributed by atoms with Gasteiger partial charge in [0, 0.05) is 5.56 Å². The van der Waals surface area contributed by atoms with Crippen LogP contribution in [-0.4, -0.2) is 22.7 Å². The molecule has 1 aromatic carbocycles. The van der Waals surface area contributed by atoms with E-state index in [1.807, 2.05) is 32.0 Å². The molecule has 1 amide bonds. The van der Waals surface area contributed by atoms with E-state index in [0.717, 1.165) is 0 Å². The van der Waals surface area contributed by atoms with Crippen molar-refractivity contribution in [2.75, 3.05) is 0 Å². The van der Waals surface area contributed by atoms with Crippen molar-refractivity contribution in [1.29, 1.82) is 0 Å².